The molecule has 0 radical (unpaired) electrons. The molecule has 2 aliphatic carbocycles. The third kappa shape index (κ3) is 16.5. The van der Waals surface area contributed by atoms with Gasteiger partial charge in [0.05, 0.1) is 5.92 Å². The van der Waals surface area contributed by atoms with Gasteiger partial charge >= 0.3 is 6.11 Å². The summed E-state index contributed by atoms with van der Waals surface area (Å²) in [6.45, 7) is 15.3. The van der Waals surface area contributed by atoms with Crippen LogP contribution in [0.2, 0.25) is 0 Å². The number of benzene rings is 1. The Kier molecular flexibility index (Phi) is 23.3. The van der Waals surface area contributed by atoms with E-state index in [1.54, 1.807) is 0 Å². The quantitative estimate of drug-likeness (QED) is 0.138. The Morgan fingerprint density at radius 1 is 0.595 bits per heavy atom. The zero-order valence-electron chi connectivity index (χ0n) is 28.0. The number of unbranched alkanes of at least 4 members (excludes halogenated alkanes) is 5. The summed E-state index contributed by atoms with van der Waals surface area (Å²) in [5.74, 6) is -4.48. The van der Waals surface area contributed by atoms with Crippen LogP contribution in [0.15, 0.2) is 12.1 Å². The van der Waals surface area contributed by atoms with Crippen molar-refractivity contribution < 1.29 is 26.7 Å². The average molecular weight is 607 g/mol. The molecule has 1 aromatic carbocycles. The highest BCUT2D eigenvalue weighted by Gasteiger charge is 2.45. The van der Waals surface area contributed by atoms with Crippen LogP contribution >= 0.6 is 0 Å². The molecule has 3 rings (SSSR count). The third-order valence-corrected chi connectivity index (χ3v) is 8.73. The van der Waals surface area contributed by atoms with Gasteiger partial charge in [-0.2, -0.15) is 8.78 Å². The van der Waals surface area contributed by atoms with Gasteiger partial charge in [-0.1, -0.05) is 126 Å². The second-order valence-electron chi connectivity index (χ2n) is 12.3. The zero-order valence-corrected chi connectivity index (χ0v) is 28.0. The Morgan fingerprint density at radius 3 is 1.38 bits per heavy atom. The van der Waals surface area contributed by atoms with E-state index in [4.69, 9.17) is 0 Å². The molecule has 1 nitrogen and oxygen atoms in total. The molecule has 0 unspecified atom stereocenters. The molecule has 0 N–H and O–H groups in total. The zero-order chi connectivity index (χ0) is 32.0. The number of rotatable bonds is 11. The van der Waals surface area contributed by atoms with E-state index in [2.05, 4.69) is 53.2 Å². The molecule has 0 aromatic heterocycles. The molecule has 0 spiro atoms. The molecule has 6 heteroatoms. The monoisotopic (exact) mass is 606 g/mol. The second-order valence-corrected chi connectivity index (χ2v) is 12.3. The largest absolute Gasteiger partial charge is 0.432 e. The number of ether oxygens (including phenoxy) is 1. The fourth-order valence-corrected chi connectivity index (χ4v) is 5.39. The van der Waals surface area contributed by atoms with E-state index in [1.807, 2.05) is 0 Å². The summed E-state index contributed by atoms with van der Waals surface area (Å²) < 4.78 is 73.4. The van der Waals surface area contributed by atoms with Crippen molar-refractivity contribution in [2.75, 3.05) is 0 Å². The molecule has 0 heterocycles. The lowest BCUT2D eigenvalue weighted by Crippen LogP contribution is -2.38. The summed E-state index contributed by atoms with van der Waals surface area (Å²) >= 11 is 0. The average Bonchev–Trinajstić information content (AvgIpc) is 3.00. The minimum absolute atomic E-state index is 0.334. The van der Waals surface area contributed by atoms with E-state index in [0.717, 1.165) is 18.8 Å². The highest BCUT2D eigenvalue weighted by atomic mass is 19.3. The summed E-state index contributed by atoms with van der Waals surface area (Å²) in [5.41, 5.74) is 0. The normalized spacial score (nSPS) is 22.0. The molecule has 248 valence electrons. The lowest BCUT2D eigenvalue weighted by atomic mass is 9.68. The van der Waals surface area contributed by atoms with E-state index in [9.17, 15) is 22.0 Å². The number of hydrogen-bond donors (Lipinski definition) is 0. The van der Waals surface area contributed by atoms with Gasteiger partial charge in [-0.3, -0.25) is 0 Å². The number of hydrogen-bond acceptors (Lipinski definition) is 1. The molecular formula is C36H63F5O. The van der Waals surface area contributed by atoms with Gasteiger partial charge < -0.3 is 4.74 Å². The van der Waals surface area contributed by atoms with Gasteiger partial charge in [0.2, 0.25) is 0 Å². The summed E-state index contributed by atoms with van der Waals surface area (Å²) in [5, 5.41) is 0. The van der Waals surface area contributed by atoms with E-state index in [0.29, 0.717) is 36.8 Å². The molecule has 0 aliphatic heterocycles. The Balaban J connectivity index is 0.00000119. The Bertz CT molecular complexity index is 730. The Hall–Kier alpha value is -1.33. The van der Waals surface area contributed by atoms with Gasteiger partial charge in [0.25, 0.3) is 0 Å². The minimum Gasteiger partial charge on any atom is -0.432 e. The summed E-state index contributed by atoms with van der Waals surface area (Å²) in [6.07, 6.45) is 16.6. The van der Waals surface area contributed by atoms with E-state index in [-0.39, 0.29) is 0 Å². The highest BCUT2D eigenvalue weighted by molar-refractivity contribution is 5.25. The molecule has 1 aromatic rings. The lowest BCUT2D eigenvalue weighted by molar-refractivity contribution is -0.224. The van der Waals surface area contributed by atoms with Crippen LogP contribution in [0, 0.1) is 41.1 Å². The SMILES string of the molecule is CCCC.CCCC.CCCC.CCCCCC1CCC(C2CCC(C(F)(F)Oc3cc(F)c(F)c(F)c3)CC2)CC1. The topological polar surface area (TPSA) is 9.23 Å². The minimum atomic E-state index is -3.53. The van der Waals surface area contributed by atoms with Crippen LogP contribution in [0.4, 0.5) is 22.0 Å². The maximum atomic E-state index is 14.6. The highest BCUT2D eigenvalue weighted by Crippen LogP contribution is 2.46. The fraction of sp³-hybridized carbons (Fsp3) is 0.833. The molecular weight excluding hydrogens is 543 g/mol. The predicted octanol–water partition coefficient (Wildman–Crippen LogP) is 13.7. The lowest BCUT2D eigenvalue weighted by Gasteiger charge is -2.39. The first-order valence-electron chi connectivity index (χ1n) is 17.3. The molecule has 42 heavy (non-hydrogen) atoms. The predicted molar refractivity (Wildman–Crippen MR) is 169 cm³/mol. The van der Waals surface area contributed by atoms with Crippen LogP contribution < -0.4 is 4.74 Å². The van der Waals surface area contributed by atoms with Gasteiger partial charge in [0.15, 0.2) is 17.5 Å². The molecule has 2 aliphatic rings. The first-order valence-corrected chi connectivity index (χ1v) is 17.3. The molecule has 0 amide bonds. The number of alkyl halides is 2. The van der Waals surface area contributed by atoms with Crippen LogP contribution in [0.5, 0.6) is 5.75 Å². The van der Waals surface area contributed by atoms with Gasteiger partial charge in [-0.05, 0) is 56.3 Å². The number of halogens is 5. The van der Waals surface area contributed by atoms with Crippen LogP contribution in [-0.2, 0) is 0 Å². The van der Waals surface area contributed by atoms with Crippen molar-refractivity contribution in [3.05, 3.63) is 29.6 Å². The summed E-state index contributed by atoms with van der Waals surface area (Å²) in [7, 11) is 0. The maximum absolute atomic E-state index is 14.6. The van der Waals surface area contributed by atoms with E-state index >= 15 is 0 Å². The molecule has 2 saturated carbocycles. The molecule has 2 fully saturated rings. The van der Waals surface area contributed by atoms with Gasteiger partial charge in [0, 0.05) is 12.1 Å². The van der Waals surface area contributed by atoms with Crippen molar-refractivity contribution in [1.29, 1.82) is 0 Å². The van der Waals surface area contributed by atoms with E-state index in [1.165, 1.54) is 89.9 Å². The van der Waals surface area contributed by atoms with Crippen LogP contribution in [0.3, 0.4) is 0 Å². The molecule has 0 saturated heterocycles. The summed E-state index contributed by atoms with van der Waals surface area (Å²) in [4.78, 5) is 0. The molecule has 0 bridgehead atoms. The van der Waals surface area contributed by atoms with Crippen molar-refractivity contribution in [3.63, 3.8) is 0 Å². The van der Waals surface area contributed by atoms with Crippen LogP contribution in [0.25, 0.3) is 0 Å². The van der Waals surface area contributed by atoms with E-state index < -0.39 is 35.2 Å². The van der Waals surface area contributed by atoms with Gasteiger partial charge in [-0.25, -0.2) is 13.2 Å². The van der Waals surface area contributed by atoms with Crippen molar-refractivity contribution in [2.45, 2.75) is 170 Å². The van der Waals surface area contributed by atoms with Crippen molar-refractivity contribution >= 4 is 0 Å². The van der Waals surface area contributed by atoms with Crippen LogP contribution in [-0.4, -0.2) is 6.11 Å². The van der Waals surface area contributed by atoms with Crippen molar-refractivity contribution in [2.24, 2.45) is 23.7 Å². The third-order valence-electron chi connectivity index (χ3n) is 8.73. The maximum Gasteiger partial charge on any atom is 0.400 e. The summed E-state index contributed by atoms with van der Waals surface area (Å²) in [6, 6.07) is 0.938. The van der Waals surface area contributed by atoms with Gasteiger partial charge in [-0.15, -0.1) is 0 Å². The van der Waals surface area contributed by atoms with Crippen molar-refractivity contribution in [3.8, 4) is 5.75 Å². The second kappa shape index (κ2) is 24.0. The smallest absolute Gasteiger partial charge is 0.400 e. The van der Waals surface area contributed by atoms with Crippen LogP contribution in [0.1, 0.15) is 164 Å². The fourth-order valence-electron chi connectivity index (χ4n) is 5.39. The Morgan fingerprint density at radius 2 is 1.00 bits per heavy atom. The van der Waals surface area contributed by atoms with Gasteiger partial charge in [0.1, 0.15) is 5.75 Å². The standard InChI is InChI=1S/C24H33F5O.3C4H10/c1-2-3-4-5-16-6-8-17(9-7-16)18-10-12-19(13-11-18)24(28,29)30-20-14-21(25)23(27)22(26)15-20;3*1-3-4-2/h14-19H,2-13H2,1H3;3*3-4H2,1-2H3. The Labute approximate surface area is 255 Å². The first-order chi connectivity index (χ1) is 20.0. The first kappa shape index (κ1) is 40.7. The van der Waals surface area contributed by atoms with Crippen molar-refractivity contribution in [1.82, 2.24) is 0 Å². The molecule has 0 atom stereocenters.